The summed E-state index contributed by atoms with van der Waals surface area (Å²) in [4.78, 5) is 13.5. The third-order valence-electron chi connectivity index (χ3n) is 4.95. The van der Waals surface area contributed by atoms with Crippen LogP contribution in [0.15, 0.2) is 79.3 Å². The fourth-order valence-corrected chi connectivity index (χ4v) is 3.18. The Labute approximate surface area is 240 Å². The quantitative estimate of drug-likeness (QED) is 0.130. The molecule has 218 valence electrons. The molecule has 0 saturated carbocycles. The average Bonchev–Trinajstić information content (AvgIpc) is 3.33. The molecule has 3 aromatic rings. The van der Waals surface area contributed by atoms with Crippen molar-refractivity contribution >= 4 is 7.81 Å². The third kappa shape index (κ3) is 17.0. The number of pyridine rings is 2. The first-order chi connectivity index (χ1) is 17.7. The summed E-state index contributed by atoms with van der Waals surface area (Å²) in [5.74, 6) is 0. The van der Waals surface area contributed by atoms with Crippen LogP contribution in [0.25, 0.3) is 22.6 Å². The zero-order chi connectivity index (χ0) is 28.1. The maximum Gasteiger partial charge on any atom is 2.00 e. The topological polar surface area (TPSA) is 32.3 Å². The SMILES string of the molecule is CCCCN1C=CN(CCCC)[CH-]1.F[P-](F)(F)(F)(F)F.[Pt+2].[c-]1ccccc1-c1cccc(-c2ccccn2)n1. The van der Waals surface area contributed by atoms with Crippen LogP contribution in [0.5, 0.6) is 0 Å². The molecular formula is C27H32F6N4PPt-. The minimum Gasteiger partial charge on any atom is -0.295 e. The van der Waals surface area contributed by atoms with Gasteiger partial charge in [-0.25, -0.2) is 0 Å². The molecule has 0 saturated heterocycles. The van der Waals surface area contributed by atoms with Crippen molar-refractivity contribution in [3.05, 3.63) is 92.0 Å². The zero-order valence-corrected chi connectivity index (χ0v) is 24.8. The molecule has 4 rings (SSSR count). The van der Waals surface area contributed by atoms with Crippen molar-refractivity contribution in [1.29, 1.82) is 0 Å². The number of nitrogens with zero attached hydrogens (tertiary/aromatic N) is 4. The molecule has 2 aromatic heterocycles. The predicted molar refractivity (Wildman–Crippen MR) is 142 cm³/mol. The van der Waals surface area contributed by atoms with Crippen LogP contribution in [0, 0.1) is 12.7 Å². The van der Waals surface area contributed by atoms with Crippen LogP contribution in [0.1, 0.15) is 39.5 Å². The molecule has 39 heavy (non-hydrogen) atoms. The summed E-state index contributed by atoms with van der Waals surface area (Å²) in [6, 6.07) is 22.8. The van der Waals surface area contributed by atoms with E-state index in [-0.39, 0.29) is 21.1 Å². The minimum absolute atomic E-state index is 0. The van der Waals surface area contributed by atoms with E-state index in [1.54, 1.807) is 6.20 Å². The van der Waals surface area contributed by atoms with Crippen LogP contribution in [0.2, 0.25) is 0 Å². The Morgan fingerprint density at radius 3 is 1.77 bits per heavy atom. The van der Waals surface area contributed by atoms with Crippen molar-refractivity contribution < 1.29 is 46.2 Å². The number of hydrogen-bond acceptors (Lipinski definition) is 4. The van der Waals surface area contributed by atoms with Crippen LogP contribution in [-0.2, 0) is 21.1 Å². The Kier molecular flexibility index (Phi) is 13.1. The van der Waals surface area contributed by atoms with E-state index in [2.05, 4.69) is 58.8 Å². The minimum atomic E-state index is -10.7. The van der Waals surface area contributed by atoms with Gasteiger partial charge in [0.05, 0.1) is 11.4 Å². The van der Waals surface area contributed by atoms with E-state index in [0.29, 0.717) is 0 Å². The van der Waals surface area contributed by atoms with Crippen molar-refractivity contribution in [2.24, 2.45) is 0 Å². The van der Waals surface area contributed by atoms with Crippen molar-refractivity contribution in [3.63, 3.8) is 0 Å². The van der Waals surface area contributed by atoms with Gasteiger partial charge in [0, 0.05) is 6.20 Å². The van der Waals surface area contributed by atoms with Gasteiger partial charge in [0.25, 0.3) is 0 Å². The Bertz CT molecular complexity index is 1050. The fourth-order valence-electron chi connectivity index (χ4n) is 3.18. The van der Waals surface area contributed by atoms with Crippen molar-refractivity contribution in [2.45, 2.75) is 39.5 Å². The van der Waals surface area contributed by atoms with E-state index in [1.165, 1.54) is 25.7 Å². The van der Waals surface area contributed by atoms with Gasteiger partial charge in [-0.2, -0.15) is 6.67 Å². The summed E-state index contributed by atoms with van der Waals surface area (Å²) in [6.45, 7) is 9.00. The smallest absolute Gasteiger partial charge is 0.295 e. The van der Waals surface area contributed by atoms with E-state index in [4.69, 9.17) is 0 Å². The first-order valence-corrected chi connectivity index (χ1v) is 14.2. The zero-order valence-electron chi connectivity index (χ0n) is 21.6. The number of unbranched alkanes of at least 4 members (excludes halogenated alkanes) is 2. The Hall–Kier alpha value is -2.44. The Morgan fingerprint density at radius 2 is 1.28 bits per heavy atom. The van der Waals surface area contributed by atoms with E-state index < -0.39 is 7.81 Å². The molecule has 12 heteroatoms. The van der Waals surface area contributed by atoms with E-state index in [1.807, 2.05) is 60.7 Å². The van der Waals surface area contributed by atoms with Gasteiger partial charge >= 0.3 is 54.1 Å². The van der Waals surface area contributed by atoms with Gasteiger partial charge in [-0.3, -0.25) is 9.97 Å². The Balaban J connectivity index is 0.000000320. The molecule has 0 unspecified atom stereocenters. The fraction of sp³-hybridized carbons (Fsp3) is 0.296. The van der Waals surface area contributed by atoms with Gasteiger partial charge in [-0.05, 0) is 62.2 Å². The molecule has 1 aliphatic heterocycles. The molecule has 0 bridgehead atoms. The van der Waals surface area contributed by atoms with Crippen LogP contribution in [0.3, 0.4) is 0 Å². The van der Waals surface area contributed by atoms with Gasteiger partial charge in [-0.15, -0.1) is 35.9 Å². The van der Waals surface area contributed by atoms with Crippen molar-refractivity contribution in [3.8, 4) is 22.6 Å². The number of halogens is 6. The van der Waals surface area contributed by atoms with Crippen LogP contribution in [0.4, 0.5) is 25.2 Å². The van der Waals surface area contributed by atoms with Gasteiger partial charge in [-0.1, -0.05) is 44.9 Å². The molecule has 4 nitrogen and oxygen atoms in total. The number of benzene rings is 1. The molecule has 0 atom stereocenters. The molecule has 0 N–H and O–H groups in total. The maximum atomic E-state index is 9.87. The normalized spacial score (nSPS) is 14.2. The molecule has 0 aliphatic carbocycles. The standard InChI is InChI=1S/C16H11N2.C11H21N2.F6P.Pt/c1-2-7-13(8-3-1)14-10-6-11-16(18-14)15-9-4-5-12-17-15;1-3-5-7-12-9-10-13(11-12)8-6-4-2;1-7(2,3,4,5)6;/h1-7,9-12H;9-11H,3-8H2,1-2H3;;/q3*-1;+2. The molecule has 3 heterocycles. The Morgan fingerprint density at radius 1 is 0.744 bits per heavy atom. The number of rotatable bonds is 8. The average molecular weight is 753 g/mol. The second-order valence-electron chi connectivity index (χ2n) is 8.45. The predicted octanol–water partition coefficient (Wildman–Crippen LogP) is 9.79. The van der Waals surface area contributed by atoms with Crippen LogP contribution in [-0.4, -0.2) is 32.9 Å². The summed E-state index contributed by atoms with van der Waals surface area (Å²) in [5, 5.41) is 0. The summed E-state index contributed by atoms with van der Waals surface area (Å²) in [7, 11) is -10.7. The first-order valence-electron chi connectivity index (χ1n) is 12.2. The maximum absolute atomic E-state index is 10.7. The van der Waals surface area contributed by atoms with Crippen LogP contribution >= 0.6 is 7.81 Å². The summed E-state index contributed by atoms with van der Waals surface area (Å²) < 4.78 is 59.2. The third-order valence-corrected chi connectivity index (χ3v) is 4.95. The van der Waals surface area contributed by atoms with E-state index in [9.17, 15) is 25.2 Å². The molecule has 1 aliphatic rings. The number of hydrogen-bond donors (Lipinski definition) is 0. The summed E-state index contributed by atoms with van der Waals surface area (Å²) in [6.07, 6.45) is 11.2. The molecule has 0 radical (unpaired) electrons. The molecular weight excluding hydrogens is 720 g/mol. The largest absolute Gasteiger partial charge is 2.00 e. The monoisotopic (exact) mass is 752 g/mol. The molecule has 1 aromatic carbocycles. The summed E-state index contributed by atoms with van der Waals surface area (Å²) >= 11 is 0. The van der Waals surface area contributed by atoms with Crippen molar-refractivity contribution in [1.82, 2.24) is 19.8 Å². The second-order valence-corrected chi connectivity index (χ2v) is 10.4. The van der Waals surface area contributed by atoms with Gasteiger partial charge in [0.2, 0.25) is 0 Å². The van der Waals surface area contributed by atoms with Gasteiger partial charge in [0.15, 0.2) is 0 Å². The van der Waals surface area contributed by atoms with Crippen molar-refractivity contribution in [2.75, 3.05) is 13.1 Å². The first kappa shape index (κ1) is 34.6. The second kappa shape index (κ2) is 14.8. The summed E-state index contributed by atoms with van der Waals surface area (Å²) in [5.41, 5.74) is 3.68. The van der Waals surface area contributed by atoms with Gasteiger partial charge in [0.1, 0.15) is 0 Å². The van der Waals surface area contributed by atoms with E-state index in [0.717, 1.165) is 35.7 Å². The van der Waals surface area contributed by atoms with E-state index >= 15 is 0 Å². The number of aromatic nitrogens is 2. The molecule has 0 amide bonds. The van der Waals surface area contributed by atoms with Gasteiger partial charge < -0.3 is 9.80 Å². The molecule has 0 spiro atoms. The van der Waals surface area contributed by atoms with Crippen LogP contribution < -0.4 is 0 Å². The molecule has 0 fully saturated rings.